The third-order valence-electron chi connectivity index (χ3n) is 11.0. The number of fused-ring (bicyclic) bond motifs is 11. The SMILES string of the molecule is c1ccc(-c2ccc3c(c2)C2(c4ccccc4-c4ccccc42)c2cc(-c4ccccc4)cc4c2N3c2cccc3cccc-4c23)cc1. The van der Waals surface area contributed by atoms with Crippen molar-refractivity contribution in [2.45, 2.75) is 5.41 Å². The third kappa shape index (κ3) is 3.21. The summed E-state index contributed by atoms with van der Waals surface area (Å²) in [6, 6.07) is 65.7. The van der Waals surface area contributed by atoms with Crippen molar-refractivity contribution in [3.05, 3.63) is 198 Å². The van der Waals surface area contributed by atoms with Gasteiger partial charge in [0.15, 0.2) is 0 Å². The molecule has 2 heterocycles. The predicted molar refractivity (Wildman–Crippen MR) is 199 cm³/mol. The normalized spacial score (nSPS) is 14.0. The van der Waals surface area contributed by atoms with E-state index in [1.54, 1.807) is 0 Å². The van der Waals surface area contributed by atoms with Gasteiger partial charge in [-0.3, -0.25) is 0 Å². The average molecular weight is 608 g/mol. The number of rotatable bonds is 2. The average Bonchev–Trinajstić information content (AvgIpc) is 3.46. The first kappa shape index (κ1) is 25.9. The lowest BCUT2D eigenvalue weighted by Gasteiger charge is -2.48. The fourth-order valence-electron chi connectivity index (χ4n) is 9.07. The van der Waals surface area contributed by atoms with Gasteiger partial charge in [-0.1, -0.05) is 146 Å². The maximum atomic E-state index is 2.58. The number of anilines is 3. The van der Waals surface area contributed by atoms with Crippen LogP contribution in [0.25, 0.3) is 55.3 Å². The van der Waals surface area contributed by atoms with Gasteiger partial charge in [-0.25, -0.2) is 0 Å². The molecule has 0 amide bonds. The van der Waals surface area contributed by atoms with Gasteiger partial charge in [0.05, 0.1) is 22.5 Å². The van der Waals surface area contributed by atoms with Crippen molar-refractivity contribution in [1.82, 2.24) is 0 Å². The number of hydrogen-bond donors (Lipinski definition) is 0. The van der Waals surface area contributed by atoms with Crippen LogP contribution in [0.1, 0.15) is 22.3 Å². The smallest absolute Gasteiger partial charge is 0.0754 e. The Labute approximate surface area is 280 Å². The number of nitrogens with zero attached hydrogens (tertiary/aromatic N) is 1. The lowest BCUT2D eigenvalue weighted by Crippen LogP contribution is -2.37. The molecule has 48 heavy (non-hydrogen) atoms. The summed E-state index contributed by atoms with van der Waals surface area (Å²) in [4.78, 5) is 2.58. The minimum atomic E-state index is -0.515. The zero-order valence-electron chi connectivity index (χ0n) is 26.2. The highest BCUT2D eigenvalue weighted by atomic mass is 15.2. The van der Waals surface area contributed by atoms with Gasteiger partial charge >= 0.3 is 0 Å². The molecule has 2 aliphatic heterocycles. The van der Waals surface area contributed by atoms with Crippen LogP contribution in [0.15, 0.2) is 176 Å². The van der Waals surface area contributed by atoms with Crippen LogP contribution in [0, 0.1) is 0 Å². The van der Waals surface area contributed by atoms with Crippen molar-refractivity contribution in [2.75, 3.05) is 4.90 Å². The Balaban J connectivity index is 1.38. The molecule has 0 aromatic heterocycles. The fraction of sp³-hybridized carbons (Fsp3) is 0.0213. The van der Waals surface area contributed by atoms with Gasteiger partial charge in [-0.15, -0.1) is 0 Å². The summed E-state index contributed by atoms with van der Waals surface area (Å²) < 4.78 is 0. The predicted octanol–water partition coefficient (Wildman–Crippen LogP) is 12.3. The lowest BCUT2D eigenvalue weighted by atomic mass is 9.62. The van der Waals surface area contributed by atoms with Crippen LogP contribution in [0.5, 0.6) is 0 Å². The Morgan fingerprint density at radius 1 is 0.333 bits per heavy atom. The first-order valence-electron chi connectivity index (χ1n) is 16.8. The number of hydrogen-bond acceptors (Lipinski definition) is 1. The van der Waals surface area contributed by atoms with Crippen molar-refractivity contribution in [3.63, 3.8) is 0 Å². The van der Waals surface area contributed by atoms with Gasteiger partial charge < -0.3 is 4.90 Å². The van der Waals surface area contributed by atoms with Gasteiger partial charge in [-0.05, 0) is 96.9 Å². The van der Waals surface area contributed by atoms with Crippen LogP contribution in [-0.4, -0.2) is 0 Å². The van der Waals surface area contributed by atoms with E-state index in [1.807, 2.05) is 0 Å². The summed E-state index contributed by atoms with van der Waals surface area (Å²) >= 11 is 0. The molecule has 0 bridgehead atoms. The van der Waals surface area contributed by atoms with Crippen LogP contribution in [0.2, 0.25) is 0 Å². The van der Waals surface area contributed by atoms with E-state index in [2.05, 4.69) is 181 Å². The summed E-state index contributed by atoms with van der Waals surface area (Å²) in [7, 11) is 0. The molecule has 0 fully saturated rings. The van der Waals surface area contributed by atoms with Crippen molar-refractivity contribution in [1.29, 1.82) is 0 Å². The molecule has 0 atom stereocenters. The molecule has 222 valence electrons. The molecule has 3 aliphatic rings. The van der Waals surface area contributed by atoms with E-state index in [4.69, 9.17) is 0 Å². The molecular formula is C47H29N. The highest BCUT2D eigenvalue weighted by Crippen LogP contribution is 2.67. The zero-order chi connectivity index (χ0) is 31.4. The molecule has 1 aliphatic carbocycles. The van der Waals surface area contributed by atoms with Crippen molar-refractivity contribution in [3.8, 4) is 44.5 Å². The first-order chi connectivity index (χ1) is 23.8. The second-order valence-electron chi connectivity index (χ2n) is 13.2. The van der Waals surface area contributed by atoms with Crippen LogP contribution in [-0.2, 0) is 5.41 Å². The topological polar surface area (TPSA) is 3.24 Å². The minimum Gasteiger partial charge on any atom is -0.309 e. The summed E-state index contributed by atoms with van der Waals surface area (Å²) in [6.07, 6.45) is 0. The van der Waals surface area contributed by atoms with Crippen LogP contribution in [0.3, 0.4) is 0 Å². The summed E-state index contributed by atoms with van der Waals surface area (Å²) in [5.41, 5.74) is 18.7. The van der Waals surface area contributed by atoms with Crippen LogP contribution < -0.4 is 4.90 Å². The second-order valence-corrected chi connectivity index (χ2v) is 13.2. The van der Waals surface area contributed by atoms with Crippen molar-refractivity contribution in [2.24, 2.45) is 0 Å². The molecule has 0 radical (unpaired) electrons. The van der Waals surface area contributed by atoms with Crippen LogP contribution in [0.4, 0.5) is 17.1 Å². The van der Waals surface area contributed by atoms with Gasteiger partial charge in [0.1, 0.15) is 0 Å². The monoisotopic (exact) mass is 607 g/mol. The minimum absolute atomic E-state index is 0.515. The van der Waals surface area contributed by atoms with Gasteiger partial charge in [0.2, 0.25) is 0 Å². The molecule has 8 aromatic rings. The summed E-state index contributed by atoms with van der Waals surface area (Å²) in [5, 5.41) is 2.58. The Morgan fingerprint density at radius 3 is 1.62 bits per heavy atom. The fourth-order valence-corrected chi connectivity index (χ4v) is 9.07. The van der Waals surface area contributed by atoms with E-state index >= 15 is 0 Å². The third-order valence-corrected chi connectivity index (χ3v) is 11.0. The van der Waals surface area contributed by atoms with Crippen LogP contribution >= 0.6 is 0 Å². The zero-order valence-corrected chi connectivity index (χ0v) is 26.2. The van der Waals surface area contributed by atoms with E-state index in [-0.39, 0.29) is 0 Å². The molecule has 0 N–H and O–H groups in total. The Kier molecular flexibility index (Phi) is 5.10. The van der Waals surface area contributed by atoms with E-state index in [9.17, 15) is 0 Å². The Morgan fingerprint density at radius 2 is 0.917 bits per heavy atom. The number of benzene rings is 8. The van der Waals surface area contributed by atoms with Crippen molar-refractivity contribution >= 4 is 27.8 Å². The molecule has 1 heteroatoms. The second kappa shape index (κ2) is 9.44. The quantitative estimate of drug-likeness (QED) is 0.189. The highest BCUT2D eigenvalue weighted by molar-refractivity contribution is 6.17. The molecule has 1 nitrogen and oxygen atoms in total. The molecular weight excluding hydrogens is 579 g/mol. The lowest BCUT2D eigenvalue weighted by molar-refractivity contribution is 0.753. The van der Waals surface area contributed by atoms with E-state index in [0.29, 0.717) is 0 Å². The van der Waals surface area contributed by atoms with Gasteiger partial charge in [-0.2, -0.15) is 0 Å². The maximum Gasteiger partial charge on any atom is 0.0754 e. The molecule has 0 unspecified atom stereocenters. The molecule has 11 rings (SSSR count). The van der Waals surface area contributed by atoms with Gasteiger partial charge in [0, 0.05) is 10.9 Å². The standard InChI is InChI=1S/C47H29N/c1-3-13-30(14-4-1)33-25-26-43-41(28-33)47(39-22-9-7-19-35(39)36-20-8-10-23-40(36)47)42-29-34(31-15-5-2-6-16-31)27-38-37-21-11-17-32-18-12-24-44(45(32)37)48(43)46(38)42/h1-29H. The largest absolute Gasteiger partial charge is 0.309 e. The van der Waals surface area contributed by atoms with Gasteiger partial charge in [0.25, 0.3) is 0 Å². The van der Waals surface area contributed by atoms with E-state index in [0.717, 1.165) is 0 Å². The van der Waals surface area contributed by atoms with Crippen molar-refractivity contribution < 1.29 is 0 Å². The van der Waals surface area contributed by atoms with E-state index in [1.165, 1.54) is 94.6 Å². The van der Waals surface area contributed by atoms with E-state index < -0.39 is 5.41 Å². The molecule has 8 aromatic carbocycles. The molecule has 1 spiro atoms. The maximum absolute atomic E-state index is 2.58. The summed E-state index contributed by atoms with van der Waals surface area (Å²) in [5.74, 6) is 0. The molecule has 0 saturated heterocycles. The Hall–Kier alpha value is -6.18. The Bertz CT molecular complexity index is 2560. The summed E-state index contributed by atoms with van der Waals surface area (Å²) in [6.45, 7) is 0. The first-order valence-corrected chi connectivity index (χ1v) is 16.8. The highest BCUT2D eigenvalue weighted by Gasteiger charge is 2.53. The molecule has 0 saturated carbocycles.